The summed E-state index contributed by atoms with van der Waals surface area (Å²) >= 11 is 0. The summed E-state index contributed by atoms with van der Waals surface area (Å²) in [7, 11) is 1.84. The van der Waals surface area contributed by atoms with Crippen LogP contribution in [-0.2, 0) is 0 Å². The van der Waals surface area contributed by atoms with E-state index < -0.39 is 0 Å². The molecule has 1 fully saturated rings. The molecule has 15 heavy (non-hydrogen) atoms. The molecule has 1 saturated carbocycles. The van der Waals surface area contributed by atoms with Gasteiger partial charge < -0.3 is 20.2 Å². The molecule has 0 aromatic carbocycles. The molecule has 2 atom stereocenters. The number of nitrogens with two attached hydrogens (primary N) is 1. The molecule has 1 aliphatic carbocycles. The van der Waals surface area contributed by atoms with Crippen LogP contribution in [0.5, 0.6) is 0 Å². The lowest BCUT2D eigenvalue weighted by Crippen LogP contribution is -2.43. The fourth-order valence-corrected chi connectivity index (χ4v) is 2.05. The molecule has 1 heterocycles. The monoisotopic (exact) mass is 212 g/mol. The summed E-state index contributed by atoms with van der Waals surface area (Å²) in [4.78, 5) is 1.81. The van der Waals surface area contributed by atoms with Crippen LogP contribution in [-0.4, -0.2) is 34.5 Å². The van der Waals surface area contributed by atoms with Crippen molar-refractivity contribution < 1.29 is 9.52 Å². The Morgan fingerprint density at radius 2 is 2.13 bits per heavy atom. The van der Waals surface area contributed by atoms with Gasteiger partial charge in [-0.2, -0.15) is 0 Å². The molecular weight excluding hydrogens is 196 g/mol. The average molecular weight is 212 g/mol. The normalized spacial score (nSPS) is 26.5. The van der Waals surface area contributed by atoms with E-state index in [0.717, 1.165) is 25.7 Å². The molecule has 1 aliphatic rings. The number of anilines is 2. The Hall–Kier alpha value is -1.30. The van der Waals surface area contributed by atoms with Crippen LogP contribution < -0.4 is 10.6 Å². The van der Waals surface area contributed by atoms with Crippen LogP contribution in [0.25, 0.3) is 0 Å². The second kappa shape index (κ2) is 4.06. The molecule has 0 spiro atoms. The van der Waals surface area contributed by atoms with Crippen LogP contribution in [0, 0.1) is 0 Å². The molecule has 3 N–H and O–H groups in total. The molecule has 0 amide bonds. The highest BCUT2D eigenvalue weighted by atomic mass is 16.4. The van der Waals surface area contributed by atoms with Gasteiger partial charge in [0.2, 0.25) is 0 Å². The summed E-state index contributed by atoms with van der Waals surface area (Å²) in [5.41, 5.74) is 5.35. The van der Waals surface area contributed by atoms with E-state index in [4.69, 9.17) is 10.2 Å². The summed E-state index contributed by atoms with van der Waals surface area (Å²) < 4.78 is 5.12. The topological polar surface area (TPSA) is 88.4 Å². The predicted molar refractivity (Wildman–Crippen MR) is 55.4 cm³/mol. The highest BCUT2D eigenvalue weighted by molar-refractivity contribution is 5.28. The van der Waals surface area contributed by atoms with Crippen molar-refractivity contribution in [1.82, 2.24) is 10.2 Å². The van der Waals surface area contributed by atoms with Crippen molar-refractivity contribution >= 4 is 12.0 Å². The Kier molecular flexibility index (Phi) is 2.77. The predicted octanol–water partition coefficient (Wildman–Crippen LogP) is 0.391. The van der Waals surface area contributed by atoms with Crippen molar-refractivity contribution in [2.75, 3.05) is 17.7 Å². The van der Waals surface area contributed by atoms with Crippen LogP contribution in [0.1, 0.15) is 25.7 Å². The number of hydrogen-bond acceptors (Lipinski definition) is 6. The van der Waals surface area contributed by atoms with Gasteiger partial charge in [0.25, 0.3) is 0 Å². The lowest BCUT2D eigenvalue weighted by molar-refractivity contribution is 0.104. The Morgan fingerprint density at radius 1 is 1.40 bits per heavy atom. The van der Waals surface area contributed by atoms with Gasteiger partial charge in [-0.05, 0) is 12.8 Å². The number of aliphatic hydroxyl groups excluding tert-OH is 1. The Bertz CT molecular complexity index is 328. The van der Waals surface area contributed by atoms with E-state index in [9.17, 15) is 5.11 Å². The highest BCUT2D eigenvalue weighted by Gasteiger charge is 2.29. The average Bonchev–Trinajstić information content (AvgIpc) is 2.65. The number of aromatic nitrogens is 2. The molecule has 2 rings (SSSR count). The molecule has 0 bridgehead atoms. The van der Waals surface area contributed by atoms with E-state index in [-0.39, 0.29) is 18.2 Å². The van der Waals surface area contributed by atoms with Gasteiger partial charge in [-0.3, -0.25) is 0 Å². The second-order valence-corrected chi connectivity index (χ2v) is 3.95. The van der Waals surface area contributed by atoms with Gasteiger partial charge in [0.15, 0.2) is 0 Å². The van der Waals surface area contributed by atoms with Crippen LogP contribution in [0.15, 0.2) is 4.42 Å². The van der Waals surface area contributed by atoms with E-state index in [2.05, 4.69) is 10.2 Å². The zero-order valence-electron chi connectivity index (χ0n) is 8.76. The SMILES string of the molecule is CN(c1nnc(N)o1)C1CCCCC1O. The molecule has 6 nitrogen and oxygen atoms in total. The quantitative estimate of drug-likeness (QED) is 0.737. The second-order valence-electron chi connectivity index (χ2n) is 3.95. The largest absolute Gasteiger partial charge is 0.391 e. The van der Waals surface area contributed by atoms with Crippen molar-refractivity contribution in [3.05, 3.63) is 0 Å². The van der Waals surface area contributed by atoms with Crippen LogP contribution in [0.4, 0.5) is 12.0 Å². The first kappa shape index (κ1) is 10.2. The number of nitrogen functional groups attached to an aromatic ring is 1. The standard InChI is InChI=1S/C9H16N4O2/c1-13(9-12-11-8(10)15-9)6-4-2-3-5-7(6)14/h6-7,14H,2-5H2,1H3,(H2,10,11). The maximum atomic E-state index is 9.84. The van der Waals surface area contributed by atoms with Gasteiger partial charge >= 0.3 is 12.0 Å². The summed E-state index contributed by atoms with van der Waals surface area (Å²) in [6.07, 6.45) is 3.66. The van der Waals surface area contributed by atoms with Crippen molar-refractivity contribution in [2.45, 2.75) is 37.8 Å². The van der Waals surface area contributed by atoms with Gasteiger partial charge in [0.05, 0.1) is 12.1 Å². The van der Waals surface area contributed by atoms with Crippen LogP contribution in [0.3, 0.4) is 0 Å². The Labute approximate surface area is 88.1 Å². The van der Waals surface area contributed by atoms with Crippen molar-refractivity contribution in [2.24, 2.45) is 0 Å². The zero-order chi connectivity index (χ0) is 10.8. The first-order chi connectivity index (χ1) is 7.18. The van der Waals surface area contributed by atoms with Crippen molar-refractivity contribution in [3.8, 4) is 0 Å². The molecule has 2 unspecified atom stereocenters. The number of hydrogen-bond donors (Lipinski definition) is 2. The molecule has 1 aromatic rings. The molecule has 84 valence electrons. The van der Waals surface area contributed by atoms with E-state index >= 15 is 0 Å². The maximum Gasteiger partial charge on any atom is 0.319 e. The van der Waals surface area contributed by atoms with Crippen LogP contribution in [0.2, 0.25) is 0 Å². The summed E-state index contributed by atoms with van der Waals surface area (Å²) in [5, 5.41) is 17.2. The van der Waals surface area contributed by atoms with Crippen molar-refractivity contribution in [1.29, 1.82) is 0 Å². The van der Waals surface area contributed by atoms with E-state index in [1.165, 1.54) is 0 Å². The third-order valence-electron chi connectivity index (χ3n) is 2.92. The number of likely N-dealkylation sites (N-methyl/N-ethyl adjacent to an activating group) is 1. The molecule has 1 aromatic heterocycles. The van der Waals surface area contributed by atoms with E-state index in [0.29, 0.717) is 6.01 Å². The van der Waals surface area contributed by atoms with E-state index in [1.807, 2.05) is 11.9 Å². The van der Waals surface area contributed by atoms with Crippen molar-refractivity contribution in [3.63, 3.8) is 0 Å². The van der Waals surface area contributed by atoms with Gasteiger partial charge in [-0.15, -0.1) is 0 Å². The zero-order valence-corrected chi connectivity index (χ0v) is 8.76. The Morgan fingerprint density at radius 3 is 2.73 bits per heavy atom. The molecular formula is C9H16N4O2. The van der Waals surface area contributed by atoms with Gasteiger partial charge in [0, 0.05) is 7.05 Å². The molecule has 0 radical (unpaired) electrons. The third kappa shape index (κ3) is 2.04. The fraction of sp³-hybridized carbons (Fsp3) is 0.778. The molecule has 0 saturated heterocycles. The minimum Gasteiger partial charge on any atom is -0.391 e. The van der Waals surface area contributed by atoms with Crippen LogP contribution >= 0.6 is 0 Å². The molecule has 0 aliphatic heterocycles. The third-order valence-corrected chi connectivity index (χ3v) is 2.92. The van der Waals surface area contributed by atoms with Gasteiger partial charge in [-0.1, -0.05) is 23.0 Å². The fourth-order valence-electron chi connectivity index (χ4n) is 2.05. The minimum atomic E-state index is -0.322. The summed E-state index contributed by atoms with van der Waals surface area (Å²) in [5.74, 6) is 0. The highest BCUT2D eigenvalue weighted by Crippen LogP contribution is 2.25. The first-order valence-electron chi connectivity index (χ1n) is 5.18. The number of aliphatic hydroxyl groups is 1. The van der Waals surface area contributed by atoms with Gasteiger partial charge in [0.1, 0.15) is 0 Å². The van der Waals surface area contributed by atoms with Gasteiger partial charge in [-0.25, -0.2) is 0 Å². The lowest BCUT2D eigenvalue weighted by atomic mass is 9.92. The summed E-state index contributed by atoms with van der Waals surface area (Å²) in [6.45, 7) is 0. The number of nitrogens with zero attached hydrogens (tertiary/aromatic N) is 3. The number of rotatable bonds is 2. The van der Waals surface area contributed by atoms with E-state index in [1.54, 1.807) is 0 Å². The maximum absolute atomic E-state index is 9.84. The first-order valence-corrected chi connectivity index (χ1v) is 5.18. The summed E-state index contributed by atoms with van der Waals surface area (Å²) in [6, 6.07) is 0.485. The smallest absolute Gasteiger partial charge is 0.319 e. The lowest BCUT2D eigenvalue weighted by Gasteiger charge is -2.33. The Balaban J connectivity index is 2.09. The molecule has 6 heteroatoms. The minimum absolute atomic E-state index is 0.0543.